The van der Waals surface area contributed by atoms with Gasteiger partial charge in [-0.3, -0.25) is 24.3 Å². The molecule has 0 N–H and O–H groups in total. The standard InChI is InChI=1S/C21H23ClN4O3/c1-2-3-11-24(21(29)16-7-9-23-10-8-16)13-19(27)25-14-20(28)26(15-25)18-6-4-5-17(22)12-18/h4-10,12H,2-3,11,13-15H2,1H3. The molecule has 0 radical (unpaired) electrons. The summed E-state index contributed by atoms with van der Waals surface area (Å²) in [6.07, 6.45) is 4.79. The first kappa shape index (κ1) is 20.8. The summed E-state index contributed by atoms with van der Waals surface area (Å²) in [6.45, 7) is 2.55. The smallest absolute Gasteiger partial charge is 0.254 e. The van der Waals surface area contributed by atoms with Crippen molar-refractivity contribution in [3.63, 3.8) is 0 Å². The van der Waals surface area contributed by atoms with Gasteiger partial charge < -0.3 is 9.80 Å². The van der Waals surface area contributed by atoms with E-state index in [9.17, 15) is 14.4 Å². The summed E-state index contributed by atoms with van der Waals surface area (Å²) in [5.74, 6) is -0.658. The quantitative estimate of drug-likeness (QED) is 0.698. The minimum Gasteiger partial charge on any atom is -0.329 e. The Morgan fingerprint density at radius 3 is 2.66 bits per heavy atom. The maximum atomic E-state index is 12.9. The Kier molecular flexibility index (Phi) is 6.82. The Morgan fingerprint density at radius 2 is 1.97 bits per heavy atom. The van der Waals surface area contributed by atoms with Gasteiger partial charge in [0.2, 0.25) is 11.8 Å². The third-order valence-electron chi connectivity index (χ3n) is 4.73. The number of pyridine rings is 1. The maximum absolute atomic E-state index is 12.9. The molecule has 1 saturated heterocycles. The Hall–Kier alpha value is -2.93. The third kappa shape index (κ3) is 5.12. The van der Waals surface area contributed by atoms with Gasteiger partial charge >= 0.3 is 0 Å². The molecule has 1 fully saturated rings. The number of nitrogens with zero attached hydrogens (tertiary/aromatic N) is 4. The van der Waals surface area contributed by atoms with Crippen molar-refractivity contribution in [2.24, 2.45) is 0 Å². The van der Waals surface area contributed by atoms with Crippen molar-refractivity contribution in [2.45, 2.75) is 19.8 Å². The first-order valence-corrected chi connectivity index (χ1v) is 9.90. The first-order valence-electron chi connectivity index (χ1n) is 9.52. The predicted octanol–water partition coefficient (Wildman–Crippen LogP) is 2.81. The largest absolute Gasteiger partial charge is 0.329 e. The normalized spacial score (nSPS) is 13.7. The van der Waals surface area contributed by atoms with Crippen LogP contribution in [0.1, 0.15) is 30.1 Å². The summed E-state index contributed by atoms with van der Waals surface area (Å²) in [4.78, 5) is 46.5. The number of amides is 3. The Morgan fingerprint density at radius 1 is 1.21 bits per heavy atom. The molecule has 1 aromatic carbocycles. The highest BCUT2D eigenvalue weighted by Gasteiger charge is 2.33. The lowest BCUT2D eigenvalue weighted by atomic mass is 10.2. The topological polar surface area (TPSA) is 73.8 Å². The fraction of sp³-hybridized carbons (Fsp3) is 0.333. The Balaban J connectivity index is 1.69. The molecule has 0 atom stereocenters. The van der Waals surface area contributed by atoms with Gasteiger partial charge in [0.15, 0.2) is 0 Å². The van der Waals surface area contributed by atoms with E-state index < -0.39 is 0 Å². The summed E-state index contributed by atoms with van der Waals surface area (Å²) in [5.41, 5.74) is 1.13. The number of halogens is 1. The molecule has 1 aliphatic heterocycles. The van der Waals surface area contributed by atoms with E-state index in [1.807, 2.05) is 6.92 Å². The fourth-order valence-corrected chi connectivity index (χ4v) is 3.31. The molecule has 29 heavy (non-hydrogen) atoms. The predicted molar refractivity (Wildman–Crippen MR) is 111 cm³/mol. The summed E-state index contributed by atoms with van der Waals surface area (Å²) in [5, 5.41) is 0.522. The Labute approximate surface area is 174 Å². The number of aromatic nitrogens is 1. The van der Waals surface area contributed by atoms with Gasteiger partial charge in [-0.15, -0.1) is 0 Å². The Bertz CT molecular complexity index is 891. The van der Waals surface area contributed by atoms with Crippen LogP contribution in [-0.2, 0) is 9.59 Å². The van der Waals surface area contributed by atoms with Gasteiger partial charge in [0.1, 0.15) is 19.8 Å². The lowest BCUT2D eigenvalue weighted by Gasteiger charge is -2.25. The number of benzene rings is 1. The number of rotatable bonds is 7. The number of unbranched alkanes of at least 4 members (excludes halogenated alkanes) is 1. The second kappa shape index (κ2) is 9.52. The van der Waals surface area contributed by atoms with Crippen LogP contribution >= 0.6 is 11.6 Å². The molecule has 152 valence electrons. The van der Waals surface area contributed by atoms with Gasteiger partial charge in [0.25, 0.3) is 5.91 Å². The fourth-order valence-electron chi connectivity index (χ4n) is 3.13. The minimum absolute atomic E-state index is 0.0174. The number of anilines is 1. The van der Waals surface area contributed by atoms with Crippen LogP contribution in [0.3, 0.4) is 0 Å². The highest BCUT2D eigenvalue weighted by Crippen LogP contribution is 2.23. The van der Waals surface area contributed by atoms with E-state index in [0.29, 0.717) is 22.8 Å². The second-order valence-electron chi connectivity index (χ2n) is 6.85. The summed E-state index contributed by atoms with van der Waals surface area (Å²) in [7, 11) is 0. The molecule has 1 aromatic heterocycles. The first-order chi connectivity index (χ1) is 14.0. The molecule has 3 amide bonds. The molecular formula is C21H23ClN4O3. The molecule has 8 heteroatoms. The molecule has 2 aromatic rings. The van der Waals surface area contributed by atoms with Gasteiger partial charge in [-0.05, 0) is 36.8 Å². The zero-order valence-electron chi connectivity index (χ0n) is 16.3. The number of carbonyl (C=O) groups excluding carboxylic acids is 3. The van der Waals surface area contributed by atoms with Gasteiger partial charge in [0.05, 0.1) is 0 Å². The average molecular weight is 415 g/mol. The van der Waals surface area contributed by atoms with Gasteiger partial charge in [-0.25, -0.2) is 0 Å². The van der Waals surface area contributed by atoms with Crippen molar-refractivity contribution in [3.05, 3.63) is 59.4 Å². The van der Waals surface area contributed by atoms with Gasteiger partial charge in [-0.2, -0.15) is 0 Å². The average Bonchev–Trinajstić information content (AvgIpc) is 3.13. The van der Waals surface area contributed by atoms with Crippen molar-refractivity contribution in [2.75, 3.05) is 31.2 Å². The monoisotopic (exact) mass is 414 g/mol. The summed E-state index contributed by atoms with van der Waals surface area (Å²) >= 11 is 6.01. The number of hydrogen-bond acceptors (Lipinski definition) is 4. The van der Waals surface area contributed by atoms with Crippen LogP contribution in [0.25, 0.3) is 0 Å². The van der Waals surface area contributed by atoms with Crippen LogP contribution in [0.5, 0.6) is 0 Å². The molecular weight excluding hydrogens is 392 g/mol. The van der Waals surface area contributed by atoms with E-state index in [1.54, 1.807) is 48.8 Å². The van der Waals surface area contributed by atoms with Crippen molar-refractivity contribution in [3.8, 4) is 0 Å². The van der Waals surface area contributed by atoms with Crippen LogP contribution < -0.4 is 4.90 Å². The van der Waals surface area contributed by atoms with Gasteiger partial charge in [0, 0.05) is 35.2 Å². The molecule has 1 aliphatic rings. The molecule has 3 rings (SSSR count). The molecule has 0 bridgehead atoms. The highest BCUT2D eigenvalue weighted by molar-refractivity contribution is 6.31. The number of hydrogen-bond donors (Lipinski definition) is 0. The van der Waals surface area contributed by atoms with Crippen LogP contribution in [0.4, 0.5) is 5.69 Å². The summed E-state index contributed by atoms with van der Waals surface area (Å²) in [6, 6.07) is 10.2. The van der Waals surface area contributed by atoms with E-state index in [0.717, 1.165) is 12.8 Å². The van der Waals surface area contributed by atoms with Crippen LogP contribution in [-0.4, -0.2) is 58.8 Å². The maximum Gasteiger partial charge on any atom is 0.254 e. The molecule has 0 unspecified atom stereocenters. The van der Waals surface area contributed by atoms with Crippen molar-refractivity contribution >= 4 is 35.0 Å². The third-order valence-corrected chi connectivity index (χ3v) is 4.97. The van der Waals surface area contributed by atoms with E-state index in [1.165, 1.54) is 14.7 Å². The van der Waals surface area contributed by atoms with Crippen LogP contribution in [0.15, 0.2) is 48.8 Å². The molecule has 0 spiro atoms. The zero-order chi connectivity index (χ0) is 20.8. The van der Waals surface area contributed by atoms with Crippen molar-refractivity contribution < 1.29 is 14.4 Å². The molecule has 0 aliphatic carbocycles. The van der Waals surface area contributed by atoms with Crippen molar-refractivity contribution in [1.29, 1.82) is 0 Å². The van der Waals surface area contributed by atoms with Crippen molar-refractivity contribution in [1.82, 2.24) is 14.8 Å². The molecule has 0 saturated carbocycles. The second-order valence-corrected chi connectivity index (χ2v) is 7.29. The van der Waals surface area contributed by atoms with E-state index in [-0.39, 0.29) is 37.5 Å². The molecule has 2 heterocycles. The minimum atomic E-state index is -0.263. The van der Waals surface area contributed by atoms with E-state index >= 15 is 0 Å². The van der Waals surface area contributed by atoms with Gasteiger partial charge in [-0.1, -0.05) is 31.0 Å². The summed E-state index contributed by atoms with van der Waals surface area (Å²) < 4.78 is 0. The molecule has 7 nitrogen and oxygen atoms in total. The number of carbonyl (C=O) groups is 3. The van der Waals surface area contributed by atoms with E-state index in [2.05, 4.69) is 4.98 Å². The zero-order valence-corrected chi connectivity index (χ0v) is 17.0. The van der Waals surface area contributed by atoms with E-state index in [4.69, 9.17) is 11.6 Å². The lowest BCUT2D eigenvalue weighted by molar-refractivity contribution is -0.132. The van der Waals surface area contributed by atoms with Crippen LogP contribution in [0, 0.1) is 0 Å². The highest BCUT2D eigenvalue weighted by atomic mass is 35.5. The lowest BCUT2D eigenvalue weighted by Crippen LogP contribution is -2.43. The van der Waals surface area contributed by atoms with Crippen LogP contribution in [0.2, 0.25) is 5.02 Å². The SMILES string of the molecule is CCCCN(CC(=O)N1CC(=O)N(c2cccc(Cl)c2)C1)C(=O)c1ccncc1.